The average molecular weight is 118 g/mol. The Bertz CT molecular complexity index is 66.1. The molecule has 1 fully saturated rings. The van der Waals surface area contributed by atoms with Gasteiger partial charge in [-0.05, 0) is 0 Å². The summed E-state index contributed by atoms with van der Waals surface area (Å²) in [6, 6.07) is 0. The first-order valence-corrected chi connectivity index (χ1v) is 2.55. The molecule has 0 aromatic rings. The zero-order valence-corrected chi connectivity index (χ0v) is 5.09. The van der Waals surface area contributed by atoms with Gasteiger partial charge in [-0.25, -0.2) is 0 Å². The van der Waals surface area contributed by atoms with Crippen molar-refractivity contribution < 1.29 is 14.2 Å². The molecule has 0 bridgehead atoms. The Morgan fingerprint density at radius 1 is 1.50 bits per heavy atom. The first-order chi connectivity index (χ1) is 3.88. The van der Waals surface area contributed by atoms with Gasteiger partial charge in [0.2, 0.25) is 0 Å². The van der Waals surface area contributed by atoms with Gasteiger partial charge >= 0.3 is 0 Å². The molecule has 1 saturated heterocycles. The fourth-order valence-electron chi connectivity index (χ4n) is 0.612. The molecule has 0 spiro atoms. The third kappa shape index (κ3) is 1.18. The van der Waals surface area contributed by atoms with Crippen molar-refractivity contribution in [1.29, 1.82) is 0 Å². The van der Waals surface area contributed by atoms with Gasteiger partial charge in [0.1, 0.15) is 6.10 Å². The summed E-state index contributed by atoms with van der Waals surface area (Å²) in [6.45, 7) is 0.770. The monoisotopic (exact) mass is 118 g/mol. The van der Waals surface area contributed by atoms with Gasteiger partial charge in [-0.2, -0.15) is 0 Å². The molecular formula is C5H10O3. The van der Waals surface area contributed by atoms with Crippen LogP contribution in [-0.2, 0) is 14.2 Å². The molecule has 1 aliphatic rings. The molecule has 0 unspecified atom stereocenters. The molecule has 3 heteroatoms. The quantitative estimate of drug-likeness (QED) is 0.386. The summed E-state index contributed by atoms with van der Waals surface area (Å²) in [4.78, 5) is 0. The smallest absolute Gasteiger partial charge is 0.185 e. The van der Waals surface area contributed by atoms with Gasteiger partial charge in [0.25, 0.3) is 0 Å². The maximum Gasteiger partial charge on any atom is 0.185 e. The van der Waals surface area contributed by atoms with Crippen LogP contribution < -0.4 is 0 Å². The van der Waals surface area contributed by atoms with E-state index in [1.165, 1.54) is 0 Å². The molecule has 0 N–H and O–H groups in total. The van der Waals surface area contributed by atoms with Crippen LogP contribution in [0, 0.1) is 0 Å². The van der Waals surface area contributed by atoms with E-state index in [1.807, 2.05) is 0 Å². The van der Waals surface area contributed by atoms with Gasteiger partial charge in [0.15, 0.2) is 6.29 Å². The second-order valence-electron chi connectivity index (χ2n) is 1.71. The largest absolute Gasteiger partial charge is 0.368 e. The average Bonchev–Trinajstić information content (AvgIpc) is 2.53. The molecule has 0 saturated carbocycles. The van der Waals surface area contributed by atoms with E-state index >= 15 is 0 Å². The molecule has 0 aliphatic carbocycles. The lowest BCUT2D eigenvalue weighted by Gasteiger charge is -2.08. The van der Waals surface area contributed by atoms with E-state index in [0.29, 0.717) is 0 Å². The van der Waals surface area contributed by atoms with Gasteiger partial charge in [0, 0.05) is 14.2 Å². The van der Waals surface area contributed by atoms with Crippen molar-refractivity contribution in [1.82, 2.24) is 0 Å². The van der Waals surface area contributed by atoms with Gasteiger partial charge in [0.05, 0.1) is 6.61 Å². The van der Waals surface area contributed by atoms with E-state index < -0.39 is 0 Å². The molecule has 0 aromatic carbocycles. The van der Waals surface area contributed by atoms with Crippen molar-refractivity contribution in [3.63, 3.8) is 0 Å². The summed E-state index contributed by atoms with van der Waals surface area (Å²) < 4.78 is 14.7. The van der Waals surface area contributed by atoms with Crippen molar-refractivity contribution in [2.24, 2.45) is 0 Å². The van der Waals surface area contributed by atoms with Gasteiger partial charge in [-0.15, -0.1) is 0 Å². The minimum Gasteiger partial charge on any atom is -0.368 e. The Balaban J connectivity index is 2.15. The molecule has 1 atom stereocenters. The van der Waals surface area contributed by atoms with Gasteiger partial charge in [-0.3, -0.25) is 0 Å². The van der Waals surface area contributed by atoms with Crippen LogP contribution in [0.3, 0.4) is 0 Å². The lowest BCUT2D eigenvalue weighted by Crippen LogP contribution is -2.19. The fraction of sp³-hybridized carbons (Fsp3) is 1.00. The lowest BCUT2D eigenvalue weighted by molar-refractivity contribution is -0.115. The van der Waals surface area contributed by atoms with E-state index in [-0.39, 0.29) is 12.4 Å². The summed E-state index contributed by atoms with van der Waals surface area (Å²) in [5.41, 5.74) is 0. The maximum absolute atomic E-state index is 4.90. The highest BCUT2D eigenvalue weighted by molar-refractivity contribution is 4.72. The first-order valence-electron chi connectivity index (χ1n) is 2.55. The Kier molecular flexibility index (Phi) is 1.83. The topological polar surface area (TPSA) is 31.0 Å². The molecule has 1 aliphatic heterocycles. The third-order valence-electron chi connectivity index (χ3n) is 1.13. The predicted molar refractivity (Wildman–Crippen MR) is 27.5 cm³/mol. The predicted octanol–water partition coefficient (Wildman–Crippen LogP) is 0.00410. The van der Waals surface area contributed by atoms with Crippen LogP contribution in [0.1, 0.15) is 0 Å². The molecule has 0 aromatic heterocycles. The summed E-state index contributed by atoms with van der Waals surface area (Å²) >= 11 is 0. The van der Waals surface area contributed by atoms with E-state index in [2.05, 4.69) is 0 Å². The van der Waals surface area contributed by atoms with Crippen molar-refractivity contribution in [2.75, 3.05) is 20.8 Å². The fourth-order valence-corrected chi connectivity index (χ4v) is 0.612. The molecule has 0 amide bonds. The number of hydrogen-bond donors (Lipinski definition) is 0. The van der Waals surface area contributed by atoms with Gasteiger partial charge in [-0.1, -0.05) is 0 Å². The van der Waals surface area contributed by atoms with Crippen LogP contribution in [0.2, 0.25) is 0 Å². The molecule has 1 heterocycles. The second-order valence-corrected chi connectivity index (χ2v) is 1.71. The standard InChI is InChI=1S/C5H10O3/c1-6-5(7-2)4-3-8-4/h4-5H,3H2,1-2H3/t4-/m0/s1. The molecule has 3 nitrogen and oxygen atoms in total. The second kappa shape index (κ2) is 2.44. The molecule has 8 heavy (non-hydrogen) atoms. The zero-order chi connectivity index (χ0) is 5.98. The van der Waals surface area contributed by atoms with E-state index in [9.17, 15) is 0 Å². The van der Waals surface area contributed by atoms with E-state index in [0.717, 1.165) is 6.61 Å². The Labute approximate surface area is 48.5 Å². The van der Waals surface area contributed by atoms with Crippen molar-refractivity contribution >= 4 is 0 Å². The van der Waals surface area contributed by atoms with Crippen LogP contribution in [0.25, 0.3) is 0 Å². The SMILES string of the molecule is COC(OC)[C@@H]1CO1. The lowest BCUT2D eigenvalue weighted by atomic mass is 10.5. The highest BCUT2D eigenvalue weighted by Gasteiger charge is 2.32. The summed E-state index contributed by atoms with van der Waals surface area (Å²) in [7, 11) is 3.21. The molecule has 48 valence electrons. The Morgan fingerprint density at radius 3 is 2.12 bits per heavy atom. The van der Waals surface area contributed by atoms with Crippen molar-refractivity contribution in [3.05, 3.63) is 0 Å². The summed E-state index contributed by atoms with van der Waals surface area (Å²) in [5.74, 6) is 0. The van der Waals surface area contributed by atoms with Crippen LogP contribution in [-0.4, -0.2) is 33.2 Å². The number of ether oxygens (including phenoxy) is 3. The zero-order valence-electron chi connectivity index (χ0n) is 5.09. The Morgan fingerprint density at radius 2 is 2.00 bits per heavy atom. The summed E-state index contributed by atoms with van der Waals surface area (Å²) in [6.07, 6.45) is 0.0278. The molecule has 0 radical (unpaired) electrons. The first kappa shape index (κ1) is 6.01. The Hall–Kier alpha value is -0.120. The van der Waals surface area contributed by atoms with E-state index in [1.54, 1.807) is 14.2 Å². The highest BCUT2D eigenvalue weighted by Crippen LogP contribution is 2.16. The minimum atomic E-state index is -0.157. The number of rotatable bonds is 3. The number of methoxy groups -OCH3 is 2. The van der Waals surface area contributed by atoms with Gasteiger partial charge < -0.3 is 14.2 Å². The van der Waals surface area contributed by atoms with Crippen molar-refractivity contribution in [2.45, 2.75) is 12.4 Å². The summed E-state index contributed by atoms with van der Waals surface area (Å²) in [5, 5.41) is 0. The number of epoxide rings is 1. The van der Waals surface area contributed by atoms with Crippen LogP contribution in [0.15, 0.2) is 0 Å². The van der Waals surface area contributed by atoms with Crippen molar-refractivity contribution in [3.8, 4) is 0 Å². The normalized spacial score (nSPS) is 26.6. The highest BCUT2D eigenvalue weighted by atomic mass is 16.7. The molecular weight excluding hydrogens is 108 g/mol. The maximum atomic E-state index is 4.90. The molecule has 1 rings (SSSR count). The third-order valence-corrected chi connectivity index (χ3v) is 1.13. The number of hydrogen-bond acceptors (Lipinski definition) is 3. The minimum absolute atomic E-state index is 0.157. The van der Waals surface area contributed by atoms with Crippen LogP contribution >= 0.6 is 0 Å². The van der Waals surface area contributed by atoms with Crippen LogP contribution in [0.5, 0.6) is 0 Å². The van der Waals surface area contributed by atoms with Crippen LogP contribution in [0.4, 0.5) is 0 Å². The van der Waals surface area contributed by atoms with E-state index in [4.69, 9.17) is 14.2 Å².